The van der Waals surface area contributed by atoms with Gasteiger partial charge in [-0.15, -0.1) is 0 Å². The molecule has 0 spiro atoms. The van der Waals surface area contributed by atoms with E-state index in [1.165, 1.54) is 0 Å². The van der Waals surface area contributed by atoms with E-state index in [1.54, 1.807) is 13.3 Å². The quantitative estimate of drug-likeness (QED) is 0.856. The fourth-order valence-corrected chi connectivity index (χ4v) is 4.70. The molecule has 1 aromatic carbocycles. The molecule has 3 aliphatic heterocycles. The lowest BCUT2D eigenvalue weighted by atomic mass is 9.72. The minimum atomic E-state index is -0.729. The second kappa shape index (κ2) is 6.85. The van der Waals surface area contributed by atoms with Gasteiger partial charge in [-0.05, 0) is 61.1 Å². The number of aliphatic hydroxyl groups is 1. The summed E-state index contributed by atoms with van der Waals surface area (Å²) in [4.78, 5) is 17.8. The summed E-state index contributed by atoms with van der Waals surface area (Å²) in [6, 6.07) is 7.60. The number of hydrogen-bond acceptors (Lipinski definition) is 5. The third-order valence-electron chi connectivity index (χ3n) is 6.04. The minimum Gasteiger partial charge on any atom is -0.497 e. The molecule has 0 amide bonds. The van der Waals surface area contributed by atoms with Gasteiger partial charge in [0.15, 0.2) is 0 Å². The number of benzene rings is 1. The third-order valence-corrected chi connectivity index (χ3v) is 6.04. The molecule has 0 aliphatic carbocycles. The van der Waals surface area contributed by atoms with Crippen molar-refractivity contribution in [2.75, 3.05) is 20.2 Å². The third kappa shape index (κ3) is 3.04. The van der Waals surface area contributed by atoms with Crippen LogP contribution in [0.25, 0.3) is 10.9 Å². The summed E-state index contributed by atoms with van der Waals surface area (Å²) in [7, 11) is 1.63. The lowest BCUT2D eigenvalue weighted by Crippen LogP contribution is -2.55. The van der Waals surface area contributed by atoms with Crippen molar-refractivity contribution in [3.8, 4) is 5.75 Å². The lowest BCUT2D eigenvalue weighted by Gasteiger charge is -2.51. The molecular weight excluding hydrogens is 332 g/mol. The first-order valence-electron chi connectivity index (χ1n) is 9.13. The number of methoxy groups -OCH3 is 1. The van der Waals surface area contributed by atoms with Crippen molar-refractivity contribution in [1.82, 2.24) is 9.88 Å². The van der Waals surface area contributed by atoms with Gasteiger partial charge in [0, 0.05) is 30.6 Å². The Morgan fingerprint density at radius 3 is 2.96 bits per heavy atom. The molecule has 6 nitrogen and oxygen atoms in total. The highest BCUT2D eigenvalue weighted by Gasteiger charge is 2.43. The average Bonchev–Trinajstić information content (AvgIpc) is 2.66. The molecule has 4 heterocycles. The maximum absolute atomic E-state index is 11.2. The highest BCUT2D eigenvalue weighted by molar-refractivity contribution is 5.84. The Kier molecular flexibility index (Phi) is 4.54. The number of aliphatic carboxylic acids is 1. The maximum Gasteiger partial charge on any atom is 0.303 e. The van der Waals surface area contributed by atoms with E-state index in [4.69, 9.17) is 9.84 Å². The number of piperidine rings is 3. The van der Waals surface area contributed by atoms with Crippen LogP contribution in [0.1, 0.15) is 30.9 Å². The zero-order chi connectivity index (χ0) is 18.3. The Hall–Kier alpha value is -2.18. The fourth-order valence-electron chi connectivity index (χ4n) is 4.70. The van der Waals surface area contributed by atoms with Crippen LogP contribution >= 0.6 is 0 Å². The van der Waals surface area contributed by atoms with Gasteiger partial charge in [-0.3, -0.25) is 14.7 Å². The number of carboxylic acid groups (broad SMARTS) is 1. The molecule has 0 saturated carbocycles. The summed E-state index contributed by atoms with van der Waals surface area (Å²) < 4.78 is 5.33. The van der Waals surface area contributed by atoms with Crippen LogP contribution in [0, 0.1) is 11.8 Å². The molecule has 6 heteroatoms. The summed E-state index contributed by atoms with van der Waals surface area (Å²) in [5.74, 6) is 0.580. The molecule has 5 atom stereocenters. The molecule has 1 unspecified atom stereocenters. The van der Waals surface area contributed by atoms with Crippen LogP contribution in [0.2, 0.25) is 0 Å². The van der Waals surface area contributed by atoms with Crippen molar-refractivity contribution in [2.24, 2.45) is 11.8 Å². The molecule has 1 aromatic heterocycles. The molecule has 2 bridgehead atoms. The number of fused-ring (bicyclic) bond motifs is 4. The monoisotopic (exact) mass is 356 g/mol. The van der Waals surface area contributed by atoms with Crippen molar-refractivity contribution in [1.29, 1.82) is 0 Å². The number of rotatable bonds is 5. The number of aromatic nitrogens is 1. The van der Waals surface area contributed by atoms with Gasteiger partial charge in [0.25, 0.3) is 0 Å². The second-order valence-electron chi connectivity index (χ2n) is 7.43. The van der Waals surface area contributed by atoms with Crippen LogP contribution in [-0.2, 0) is 4.79 Å². The summed E-state index contributed by atoms with van der Waals surface area (Å²) in [6.07, 6.45) is 3.19. The van der Waals surface area contributed by atoms with Gasteiger partial charge in [-0.2, -0.15) is 0 Å². The first kappa shape index (κ1) is 17.2. The van der Waals surface area contributed by atoms with Crippen molar-refractivity contribution in [3.05, 3.63) is 36.0 Å². The van der Waals surface area contributed by atoms with E-state index in [-0.39, 0.29) is 18.4 Å². The topological polar surface area (TPSA) is 82.9 Å². The summed E-state index contributed by atoms with van der Waals surface area (Å²) >= 11 is 0. The van der Waals surface area contributed by atoms with E-state index in [0.717, 1.165) is 48.1 Å². The number of ether oxygens (including phenoxy) is 1. The first-order chi connectivity index (χ1) is 12.6. The Labute approximate surface area is 152 Å². The molecule has 3 aliphatic rings. The van der Waals surface area contributed by atoms with Crippen molar-refractivity contribution >= 4 is 16.9 Å². The molecule has 0 radical (unpaired) electrons. The average molecular weight is 356 g/mol. The Morgan fingerprint density at radius 1 is 1.42 bits per heavy atom. The molecule has 5 rings (SSSR count). The Morgan fingerprint density at radius 2 is 2.27 bits per heavy atom. The summed E-state index contributed by atoms with van der Waals surface area (Å²) in [5, 5.41) is 21.2. The summed E-state index contributed by atoms with van der Waals surface area (Å²) in [6.45, 7) is 1.68. The zero-order valence-corrected chi connectivity index (χ0v) is 14.8. The SMILES string of the molecule is COc1ccc2nccc([C@@H](O)[C@@H]3C[C@@H]4CCN3C[C@@H]4CC(=O)O)c2c1. The van der Waals surface area contributed by atoms with Crippen LogP contribution in [0.5, 0.6) is 5.75 Å². The number of hydrogen-bond donors (Lipinski definition) is 2. The van der Waals surface area contributed by atoms with Crippen LogP contribution in [0.3, 0.4) is 0 Å². The molecular formula is C20H24N2O4. The molecule has 2 N–H and O–H groups in total. The van der Waals surface area contributed by atoms with E-state index in [0.29, 0.717) is 5.92 Å². The van der Waals surface area contributed by atoms with Crippen LogP contribution < -0.4 is 4.74 Å². The molecule has 2 aromatic rings. The highest BCUT2D eigenvalue weighted by Crippen LogP contribution is 2.42. The smallest absolute Gasteiger partial charge is 0.303 e. The largest absolute Gasteiger partial charge is 0.497 e. The Bertz CT molecular complexity index is 825. The molecule has 138 valence electrons. The van der Waals surface area contributed by atoms with Gasteiger partial charge in [0.1, 0.15) is 5.75 Å². The van der Waals surface area contributed by atoms with Crippen LogP contribution in [0.4, 0.5) is 0 Å². The van der Waals surface area contributed by atoms with Gasteiger partial charge >= 0.3 is 5.97 Å². The van der Waals surface area contributed by atoms with Gasteiger partial charge in [0.05, 0.1) is 18.7 Å². The van der Waals surface area contributed by atoms with Crippen LogP contribution in [0.15, 0.2) is 30.5 Å². The first-order valence-corrected chi connectivity index (χ1v) is 9.13. The van der Waals surface area contributed by atoms with Crippen molar-refractivity contribution < 1.29 is 19.7 Å². The Balaban J connectivity index is 1.62. The number of carbonyl (C=O) groups is 1. The van der Waals surface area contributed by atoms with Gasteiger partial charge in [0.2, 0.25) is 0 Å². The molecule has 3 saturated heterocycles. The van der Waals surface area contributed by atoms with Crippen molar-refractivity contribution in [2.45, 2.75) is 31.4 Å². The van der Waals surface area contributed by atoms with E-state index < -0.39 is 12.1 Å². The number of pyridine rings is 1. The van der Waals surface area contributed by atoms with Gasteiger partial charge in [-0.25, -0.2) is 0 Å². The van der Waals surface area contributed by atoms with E-state index in [1.807, 2.05) is 24.3 Å². The van der Waals surface area contributed by atoms with E-state index >= 15 is 0 Å². The summed E-state index contributed by atoms with van der Waals surface area (Å²) in [5.41, 5.74) is 1.70. The number of carboxylic acids is 1. The number of aliphatic hydroxyl groups excluding tert-OH is 1. The zero-order valence-electron chi connectivity index (χ0n) is 14.8. The van der Waals surface area contributed by atoms with Gasteiger partial charge in [-0.1, -0.05) is 0 Å². The maximum atomic E-state index is 11.2. The number of nitrogens with zero attached hydrogens (tertiary/aromatic N) is 2. The minimum absolute atomic E-state index is 0.0237. The lowest BCUT2D eigenvalue weighted by molar-refractivity contribution is -0.141. The van der Waals surface area contributed by atoms with Crippen LogP contribution in [-0.4, -0.2) is 52.3 Å². The second-order valence-corrected chi connectivity index (χ2v) is 7.43. The predicted molar refractivity (Wildman–Crippen MR) is 97.1 cm³/mol. The van der Waals surface area contributed by atoms with Gasteiger partial charge < -0.3 is 14.9 Å². The van der Waals surface area contributed by atoms with Crippen molar-refractivity contribution in [3.63, 3.8) is 0 Å². The normalized spacial score (nSPS) is 28.8. The standard InChI is InChI=1S/C20H24N2O4/c1-26-14-2-3-17-16(10-14)15(4-6-21-17)20(25)18-8-12-5-7-22(18)11-13(12)9-19(23)24/h2-4,6,10,12-13,18,20,25H,5,7-9,11H2,1H3,(H,23,24)/t12-,13-,18-,20+/m0/s1. The van der Waals surface area contributed by atoms with E-state index in [2.05, 4.69) is 9.88 Å². The predicted octanol–water partition coefficient (Wildman–Crippen LogP) is 2.46. The van der Waals surface area contributed by atoms with E-state index in [9.17, 15) is 9.90 Å². The highest BCUT2D eigenvalue weighted by atomic mass is 16.5. The fraction of sp³-hybridized carbons (Fsp3) is 0.500. The molecule has 3 fully saturated rings. The molecule has 26 heavy (non-hydrogen) atoms.